The van der Waals surface area contributed by atoms with Crippen molar-refractivity contribution in [3.63, 3.8) is 0 Å². The van der Waals surface area contributed by atoms with Crippen molar-refractivity contribution in [3.8, 4) is 23.5 Å². The maximum Gasteiger partial charge on any atom is 0.220 e. The average Bonchev–Trinajstić information content (AvgIpc) is 3.31. The van der Waals surface area contributed by atoms with Crippen LogP contribution in [0.2, 0.25) is 0 Å². The first-order valence-electron chi connectivity index (χ1n) is 9.70. The summed E-state index contributed by atoms with van der Waals surface area (Å²) < 4.78 is 1.51. The molecule has 4 rings (SSSR count). The second-order valence-corrected chi connectivity index (χ2v) is 9.05. The zero-order valence-corrected chi connectivity index (χ0v) is 18.2. The van der Waals surface area contributed by atoms with E-state index in [0.29, 0.717) is 22.8 Å². The molecular weight excluding hydrogens is 412 g/mol. The monoisotopic (exact) mass is 432 g/mol. The van der Waals surface area contributed by atoms with Crippen LogP contribution in [0, 0.1) is 29.6 Å². The van der Waals surface area contributed by atoms with E-state index < -0.39 is 11.3 Å². The van der Waals surface area contributed by atoms with Gasteiger partial charge in [0.15, 0.2) is 5.78 Å². The summed E-state index contributed by atoms with van der Waals surface area (Å²) in [5.74, 6) is -0.879. The van der Waals surface area contributed by atoms with Crippen molar-refractivity contribution in [2.24, 2.45) is 0 Å². The highest BCUT2D eigenvalue weighted by Gasteiger charge is 2.42. The Hall–Kier alpha value is -3.63. The highest BCUT2D eigenvalue weighted by molar-refractivity contribution is 7.09. The van der Waals surface area contributed by atoms with Crippen molar-refractivity contribution in [2.75, 3.05) is 5.73 Å². The molecule has 1 aliphatic carbocycles. The number of Topliss-reactive ketones (excluding diaryl/α,β-unsaturated/α-hetero) is 1. The quantitative estimate of drug-likeness (QED) is 0.605. The Kier molecular flexibility index (Phi) is 5.03. The summed E-state index contributed by atoms with van der Waals surface area (Å²) in [6, 6.07) is 4.20. The van der Waals surface area contributed by atoms with Gasteiger partial charge in [0, 0.05) is 22.8 Å². The molecule has 0 spiro atoms. The van der Waals surface area contributed by atoms with Gasteiger partial charge in [-0.1, -0.05) is 13.8 Å². The molecule has 2 N–H and O–H groups in total. The minimum Gasteiger partial charge on any atom is -0.368 e. The second-order valence-electron chi connectivity index (χ2n) is 8.16. The molecule has 0 bridgehead atoms. The van der Waals surface area contributed by atoms with E-state index in [0.717, 1.165) is 16.8 Å². The number of aryl methyl sites for hydroxylation is 1. The van der Waals surface area contributed by atoms with E-state index in [9.17, 15) is 15.3 Å². The smallest absolute Gasteiger partial charge is 0.220 e. The lowest BCUT2D eigenvalue weighted by molar-refractivity contribution is 0.0952. The first-order valence-corrected chi connectivity index (χ1v) is 10.6. The van der Waals surface area contributed by atoms with Crippen molar-refractivity contribution in [1.29, 1.82) is 10.5 Å². The minimum absolute atomic E-state index is 0.00218. The molecule has 156 valence electrons. The Balaban J connectivity index is 1.95. The molecule has 1 aliphatic rings. The molecule has 0 aliphatic heterocycles. The van der Waals surface area contributed by atoms with Crippen molar-refractivity contribution in [3.05, 3.63) is 39.1 Å². The number of aromatic nitrogens is 5. The van der Waals surface area contributed by atoms with Crippen LogP contribution in [-0.2, 0) is 18.4 Å². The summed E-state index contributed by atoms with van der Waals surface area (Å²) in [7, 11) is 0. The maximum atomic E-state index is 13.7. The minimum atomic E-state index is -0.717. The normalized spacial score (nSPS) is 14.7. The second kappa shape index (κ2) is 7.56. The van der Waals surface area contributed by atoms with E-state index in [1.807, 2.05) is 26.2 Å². The third kappa shape index (κ3) is 3.45. The molecule has 0 fully saturated rings. The van der Waals surface area contributed by atoms with E-state index in [4.69, 9.17) is 5.73 Å². The molecule has 3 aromatic rings. The number of hydrogen-bond donors (Lipinski definition) is 1. The van der Waals surface area contributed by atoms with Gasteiger partial charge >= 0.3 is 0 Å². The Bertz CT molecular complexity index is 1270. The van der Waals surface area contributed by atoms with Crippen LogP contribution < -0.4 is 5.73 Å². The molecule has 0 radical (unpaired) electrons. The lowest BCUT2D eigenvalue weighted by atomic mass is 9.72. The molecule has 3 aromatic heterocycles. The number of nitrogens with two attached hydrogens (primary N) is 1. The number of thiazole rings is 1. The molecule has 0 saturated carbocycles. The van der Waals surface area contributed by atoms with Crippen LogP contribution in [0.5, 0.6) is 0 Å². The SMILES string of the molecule is Cc1csc(C(CC#N)C(=O)c2nn(CC#N)c3c2C(C)(C)Cc2cnc(N)nc2-3)n1. The van der Waals surface area contributed by atoms with Gasteiger partial charge in [-0.05, 0) is 24.3 Å². The molecule has 0 saturated heterocycles. The van der Waals surface area contributed by atoms with Gasteiger partial charge in [0.05, 0.1) is 35.9 Å². The van der Waals surface area contributed by atoms with Gasteiger partial charge in [0.1, 0.15) is 17.2 Å². The van der Waals surface area contributed by atoms with Crippen LogP contribution in [0.4, 0.5) is 5.95 Å². The van der Waals surface area contributed by atoms with Crippen molar-refractivity contribution < 1.29 is 4.79 Å². The summed E-state index contributed by atoms with van der Waals surface area (Å²) in [5, 5.41) is 25.7. The van der Waals surface area contributed by atoms with E-state index in [1.54, 1.807) is 6.20 Å². The highest BCUT2D eigenvalue weighted by atomic mass is 32.1. The van der Waals surface area contributed by atoms with Crippen LogP contribution in [0.25, 0.3) is 11.4 Å². The van der Waals surface area contributed by atoms with E-state index >= 15 is 0 Å². The van der Waals surface area contributed by atoms with E-state index in [2.05, 4.69) is 32.2 Å². The standard InChI is InChI=1S/C21H20N8OS/c1-11-10-31-19(26-11)13(4-5-22)18(30)16-14-17(29(28-16)7-6-23)15-12(8-21(14,2)3)9-25-20(24)27-15/h9-10,13H,4,7-8H2,1-3H3,(H2,24,25,27). The Labute approximate surface area is 183 Å². The fourth-order valence-electron chi connectivity index (χ4n) is 4.10. The van der Waals surface area contributed by atoms with Gasteiger partial charge in [-0.25, -0.2) is 19.6 Å². The third-order valence-corrected chi connectivity index (χ3v) is 6.45. The first-order chi connectivity index (χ1) is 14.8. The number of nitrogens with zero attached hydrogens (tertiary/aromatic N) is 7. The van der Waals surface area contributed by atoms with Gasteiger partial charge in [-0.15, -0.1) is 11.3 Å². The lowest BCUT2D eigenvalue weighted by Gasteiger charge is -2.31. The highest BCUT2D eigenvalue weighted by Crippen LogP contribution is 2.45. The summed E-state index contributed by atoms with van der Waals surface area (Å²) in [6.07, 6.45) is 2.27. The number of fused-ring (bicyclic) bond motifs is 3. The number of nitrogen functional groups attached to an aromatic ring is 1. The van der Waals surface area contributed by atoms with Crippen molar-refractivity contribution >= 4 is 23.1 Å². The third-order valence-electron chi connectivity index (χ3n) is 5.37. The van der Waals surface area contributed by atoms with Gasteiger partial charge in [0.25, 0.3) is 0 Å². The van der Waals surface area contributed by atoms with Crippen molar-refractivity contribution in [1.82, 2.24) is 24.7 Å². The van der Waals surface area contributed by atoms with Gasteiger partial charge in [-0.2, -0.15) is 15.6 Å². The predicted molar refractivity (Wildman–Crippen MR) is 114 cm³/mol. The molecular formula is C21H20N8OS. The number of carbonyl (C=O) groups is 1. The molecule has 10 heteroatoms. The molecule has 1 unspecified atom stereocenters. The zero-order chi connectivity index (χ0) is 22.3. The fraction of sp³-hybridized carbons (Fsp3) is 0.381. The van der Waals surface area contributed by atoms with Gasteiger partial charge < -0.3 is 5.73 Å². The molecule has 31 heavy (non-hydrogen) atoms. The van der Waals surface area contributed by atoms with Crippen LogP contribution in [0.15, 0.2) is 11.6 Å². The van der Waals surface area contributed by atoms with Crippen LogP contribution in [0.1, 0.15) is 58.5 Å². The molecule has 3 heterocycles. The van der Waals surface area contributed by atoms with E-state index in [1.165, 1.54) is 16.0 Å². The van der Waals surface area contributed by atoms with Crippen LogP contribution >= 0.6 is 11.3 Å². The van der Waals surface area contributed by atoms with Crippen LogP contribution in [0.3, 0.4) is 0 Å². The summed E-state index contributed by atoms with van der Waals surface area (Å²) in [5.41, 5.74) is 9.23. The number of rotatable bonds is 5. The van der Waals surface area contributed by atoms with Gasteiger partial charge in [0.2, 0.25) is 5.95 Å². The Morgan fingerprint density at radius 3 is 2.77 bits per heavy atom. The van der Waals surface area contributed by atoms with Gasteiger partial charge in [-0.3, -0.25) is 4.79 Å². The number of hydrogen-bond acceptors (Lipinski definition) is 9. The van der Waals surface area contributed by atoms with E-state index in [-0.39, 0.29) is 30.4 Å². The molecule has 0 amide bonds. The zero-order valence-electron chi connectivity index (χ0n) is 17.4. The number of anilines is 1. The molecule has 0 aromatic carbocycles. The fourth-order valence-corrected chi connectivity index (χ4v) is 4.99. The summed E-state index contributed by atoms with van der Waals surface area (Å²) in [4.78, 5) is 26.6. The largest absolute Gasteiger partial charge is 0.368 e. The lowest BCUT2D eigenvalue weighted by Crippen LogP contribution is -2.29. The summed E-state index contributed by atoms with van der Waals surface area (Å²) >= 11 is 1.36. The maximum absolute atomic E-state index is 13.7. The average molecular weight is 433 g/mol. The molecule has 9 nitrogen and oxygen atoms in total. The number of carbonyl (C=O) groups excluding carboxylic acids is 1. The Morgan fingerprint density at radius 2 is 2.13 bits per heavy atom. The molecule has 1 atom stereocenters. The van der Waals surface area contributed by atoms with Crippen molar-refractivity contribution in [2.45, 2.75) is 51.5 Å². The first kappa shape index (κ1) is 20.6. The topological polar surface area (TPSA) is 147 Å². The predicted octanol–water partition coefficient (Wildman–Crippen LogP) is 2.92. The number of ketones is 1. The van der Waals surface area contributed by atoms with Crippen LogP contribution in [-0.4, -0.2) is 30.5 Å². The Morgan fingerprint density at radius 1 is 1.35 bits per heavy atom. The summed E-state index contributed by atoms with van der Waals surface area (Å²) in [6.45, 7) is 5.84. The number of nitriles is 2.